The van der Waals surface area contributed by atoms with Gasteiger partial charge in [-0.1, -0.05) is 6.07 Å². The Morgan fingerprint density at radius 3 is 2.50 bits per heavy atom. The van der Waals surface area contributed by atoms with Gasteiger partial charge in [-0.3, -0.25) is 0 Å². The highest BCUT2D eigenvalue weighted by molar-refractivity contribution is 6.29. The van der Waals surface area contributed by atoms with E-state index in [-0.39, 0.29) is 6.04 Å². The van der Waals surface area contributed by atoms with Crippen molar-refractivity contribution in [3.8, 4) is 11.5 Å². The van der Waals surface area contributed by atoms with E-state index < -0.39 is 0 Å². The normalized spacial score (nSPS) is 12.2. The first kappa shape index (κ1) is 14.8. The summed E-state index contributed by atoms with van der Waals surface area (Å²) >= 11 is 6.03. The lowest BCUT2D eigenvalue weighted by molar-refractivity contribution is 0.354. The van der Waals surface area contributed by atoms with Gasteiger partial charge < -0.3 is 19.2 Å². The SMILES string of the molecule is CNC(Cc1ccc(OC)c(OC)c1)c1ccoc1Cl. The fourth-order valence-corrected chi connectivity index (χ4v) is 2.41. The zero-order chi connectivity index (χ0) is 14.5. The molecule has 2 aromatic rings. The molecule has 0 aliphatic carbocycles. The lowest BCUT2D eigenvalue weighted by atomic mass is 10.0. The third kappa shape index (κ3) is 3.08. The number of halogens is 1. The standard InChI is InChI=1S/C15H18ClNO3/c1-17-12(11-6-7-20-15(11)16)8-10-4-5-13(18-2)14(9-10)19-3/h4-7,9,12,17H,8H2,1-3H3. The van der Waals surface area contributed by atoms with Crippen LogP contribution < -0.4 is 14.8 Å². The smallest absolute Gasteiger partial charge is 0.197 e. The molecule has 20 heavy (non-hydrogen) atoms. The van der Waals surface area contributed by atoms with Crippen LogP contribution in [0.2, 0.25) is 5.22 Å². The summed E-state index contributed by atoms with van der Waals surface area (Å²) in [6.07, 6.45) is 2.37. The van der Waals surface area contributed by atoms with Gasteiger partial charge in [-0.05, 0) is 48.8 Å². The van der Waals surface area contributed by atoms with E-state index in [0.717, 1.165) is 29.0 Å². The molecule has 0 radical (unpaired) electrons. The van der Waals surface area contributed by atoms with Gasteiger partial charge >= 0.3 is 0 Å². The zero-order valence-corrected chi connectivity index (χ0v) is 12.5. The Kier molecular flexibility index (Phi) is 4.93. The van der Waals surface area contributed by atoms with Crippen LogP contribution in [0.15, 0.2) is 34.9 Å². The molecular formula is C15H18ClNO3. The van der Waals surface area contributed by atoms with Gasteiger partial charge in [-0.25, -0.2) is 0 Å². The summed E-state index contributed by atoms with van der Waals surface area (Å²) in [4.78, 5) is 0. The van der Waals surface area contributed by atoms with E-state index >= 15 is 0 Å². The Labute approximate surface area is 123 Å². The number of hydrogen-bond donors (Lipinski definition) is 1. The highest BCUT2D eigenvalue weighted by atomic mass is 35.5. The number of benzene rings is 1. The maximum atomic E-state index is 6.03. The minimum atomic E-state index is 0.0827. The molecule has 0 aliphatic rings. The van der Waals surface area contributed by atoms with E-state index in [9.17, 15) is 0 Å². The Balaban J connectivity index is 2.22. The van der Waals surface area contributed by atoms with E-state index in [2.05, 4.69) is 5.32 Å². The molecule has 1 unspecified atom stereocenters. The molecule has 1 N–H and O–H groups in total. The maximum Gasteiger partial charge on any atom is 0.197 e. The van der Waals surface area contributed by atoms with Gasteiger partial charge in [0.1, 0.15) is 0 Å². The molecule has 1 atom stereocenters. The minimum Gasteiger partial charge on any atom is -0.493 e. The summed E-state index contributed by atoms with van der Waals surface area (Å²) in [6.45, 7) is 0. The molecule has 1 aromatic heterocycles. The van der Waals surface area contributed by atoms with Crippen LogP contribution in [0.5, 0.6) is 11.5 Å². The number of furan rings is 1. The average molecular weight is 296 g/mol. The van der Waals surface area contributed by atoms with Gasteiger partial charge in [0.25, 0.3) is 0 Å². The first-order valence-electron chi connectivity index (χ1n) is 6.30. The summed E-state index contributed by atoms with van der Waals surface area (Å²) < 4.78 is 15.7. The molecule has 2 rings (SSSR count). The van der Waals surface area contributed by atoms with Crippen molar-refractivity contribution in [1.29, 1.82) is 0 Å². The molecule has 5 heteroatoms. The van der Waals surface area contributed by atoms with Crippen molar-refractivity contribution < 1.29 is 13.9 Å². The van der Waals surface area contributed by atoms with E-state index in [1.165, 1.54) is 0 Å². The van der Waals surface area contributed by atoms with Crippen molar-refractivity contribution >= 4 is 11.6 Å². The molecule has 4 nitrogen and oxygen atoms in total. The predicted molar refractivity (Wildman–Crippen MR) is 78.8 cm³/mol. The second-order valence-electron chi connectivity index (χ2n) is 4.38. The Hall–Kier alpha value is -1.65. The van der Waals surface area contributed by atoms with Gasteiger partial charge in [0.2, 0.25) is 0 Å². The summed E-state index contributed by atoms with van der Waals surface area (Å²) in [6, 6.07) is 7.85. The first-order chi connectivity index (χ1) is 9.69. The van der Waals surface area contributed by atoms with E-state index in [1.54, 1.807) is 20.5 Å². The molecule has 108 valence electrons. The van der Waals surface area contributed by atoms with Gasteiger partial charge in [0.05, 0.1) is 20.5 Å². The highest BCUT2D eigenvalue weighted by Crippen LogP contribution is 2.31. The molecule has 0 saturated carbocycles. The molecule has 1 aromatic carbocycles. The Morgan fingerprint density at radius 2 is 1.95 bits per heavy atom. The largest absolute Gasteiger partial charge is 0.493 e. The van der Waals surface area contributed by atoms with Crippen molar-refractivity contribution in [2.24, 2.45) is 0 Å². The summed E-state index contributed by atoms with van der Waals surface area (Å²) in [5.74, 6) is 1.44. The average Bonchev–Trinajstić information content (AvgIpc) is 2.90. The van der Waals surface area contributed by atoms with E-state index in [0.29, 0.717) is 5.22 Å². The molecule has 0 saturated heterocycles. The van der Waals surface area contributed by atoms with Crippen LogP contribution in [0.1, 0.15) is 17.2 Å². The van der Waals surface area contributed by atoms with Gasteiger partial charge in [-0.15, -0.1) is 0 Å². The molecule has 1 heterocycles. The second-order valence-corrected chi connectivity index (χ2v) is 4.73. The van der Waals surface area contributed by atoms with Crippen molar-refractivity contribution in [1.82, 2.24) is 5.32 Å². The number of methoxy groups -OCH3 is 2. The van der Waals surface area contributed by atoms with Crippen LogP contribution >= 0.6 is 11.6 Å². The van der Waals surface area contributed by atoms with Gasteiger partial charge in [-0.2, -0.15) is 0 Å². The Bertz CT molecular complexity index is 568. The molecule has 0 aliphatic heterocycles. The number of hydrogen-bond acceptors (Lipinski definition) is 4. The van der Waals surface area contributed by atoms with Crippen molar-refractivity contribution in [3.05, 3.63) is 46.9 Å². The van der Waals surface area contributed by atoms with E-state index in [4.69, 9.17) is 25.5 Å². The molecule has 0 spiro atoms. The summed E-state index contributed by atoms with van der Waals surface area (Å²) in [5, 5.41) is 3.66. The fourth-order valence-electron chi connectivity index (χ4n) is 2.16. The van der Waals surface area contributed by atoms with E-state index in [1.807, 2.05) is 31.3 Å². The van der Waals surface area contributed by atoms with Crippen LogP contribution in [0.3, 0.4) is 0 Å². The second kappa shape index (κ2) is 6.68. The van der Waals surface area contributed by atoms with Gasteiger partial charge in [0.15, 0.2) is 16.7 Å². The van der Waals surface area contributed by atoms with Crippen LogP contribution in [0.25, 0.3) is 0 Å². The summed E-state index contributed by atoms with van der Waals surface area (Å²) in [5.41, 5.74) is 2.07. The van der Waals surface area contributed by atoms with Crippen molar-refractivity contribution in [2.45, 2.75) is 12.5 Å². The molecular weight excluding hydrogens is 278 g/mol. The Morgan fingerprint density at radius 1 is 1.20 bits per heavy atom. The van der Waals surface area contributed by atoms with Gasteiger partial charge in [0, 0.05) is 11.6 Å². The number of likely N-dealkylation sites (N-methyl/N-ethyl adjacent to an activating group) is 1. The van der Waals surface area contributed by atoms with Crippen LogP contribution in [-0.2, 0) is 6.42 Å². The predicted octanol–water partition coefficient (Wildman–Crippen LogP) is 3.45. The van der Waals surface area contributed by atoms with Crippen molar-refractivity contribution in [3.63, 3.8) is 0 Å². The highest BCUT2D eigenvalue weighted by Gasteiger charge is 2.16. The minimum absolute atomic E-state index is 0.0827. The molecule has 0 amide bonds. The van der Waals surface area contributed by atoms with Crippen LogP contribution in [-0.4, -0.2) is 21.3 Å². The monoisotopic (exact) mass is 295 g/mol. The molecule has 0 bridgehead atoms. The fraction of sp³-hybridized carbons (Fsp3) is 0.333. The lowest BCUT2D eigenvalue weighted by Gasteiger charge is -2.16. The van der Waals surface area contributed by atoms with Crippen LogP contribution in [0, 0.1) is 0 Å². The maximum absolute atomic E-state index is 6.03. The third-order valence-electron chi connectivity index (χ3n) is 3.26. The summed E-state index contributed by atoms with van der Waals surface area (Å²) in [7, 11) is 5.15. The number of rotatable bonds is 6. The number of nitrogens with one attached hydrogen (secondary N) is 1. The zero-order valence-electron chi connectivity index (χ0n) is 11.8. The first-order valence-corrected chi connectivity index (χ1v) is 6.68. The lowest BCUT2D eigenvalue weighted by Crippen LogP contribution is -2.18. The topological polar surface area (TPSA) is 43.6 Å². The quantitative estimate of drug-likeness (QED) is 0.886. The van der Waals surface area contributed by atoms with Crippen LogP contribution in [0.4, 0.5) is 0 Å². The molecule has 0 fully saturated rings. The van der Waals surface area contributed by atoms with Crippen molar-refractivity contribution in [2.75, 3.05) is 21.3 Å². The third-order valence-corrected chi connectivity index (χ3v) is 3.57. The number of ether oxygens (including phenoxy) is 2.